The summed E-state index contributed by atoms with van der Waals surface area (Å²) in [6.45, 7) is 2.30. The van der Waals surface area contributed by atoms with Crippen molar-refractivity contribution in [3.05, 3.63) is 35.4 Å². The number of hydrogen-bond donors (Lipinski definition) is 1. The lowest BCUT2D eigenvalue weighted by Gasteiger charge is -2.32. The molecule has 6 heteroatoms. The maximum absolute atomic E-state index is 13.1. The van der Waals surface area contributed by atoms with Gasteiger partial charge in [-0.05, 0) is 50.9 Å². The number of halogens is 3. The van der Waals surface area contributed by atoms with Crippen molar-refractivity contribution >= 4 is 18.3 Å². The first-order valence-corrected chi connectivity index (χ1v) is 7.00. The highest BCUT2D eigenvalue weighted by molar-refractivity contribution is 5.94. The van der Waals surface area contributed by atoms with E-state index in [9.17, 15) is 13.6 Å². The average Bonchev–Trinajstić information content (AvgIpc) is 2.44. The topological polar surface area (TPSA) is 32.3 Å². The number of hydrogen-bond acceptors (Lipinski definition) is 2. The second-order valence-corrected chi connectivity index (χ2v) is 5.29. The van der Waals surface area contributed by atoms with E-state index in [-0.39, 0.29) is 23.9 Å². The third kappa shape index (κ3) is 4.93. The minimum Gasteiger partial charge on any atom is -0.339 e. The molecule has 0 unspecified atom stereocenters. The molecule has 1 fully saturated rings. The van der Waals surface area contributed by atoms with Gasteiger partial charge in [0.25, 0.3) is 5.91 Å². The summed E-state index contributed by atoms with van der Waals surface area (Å²) in [7, 11) is 1.93. The summed E-state index contributed by atoms with van der Waals surface area (Å²) >= 11 is 0. The lowest BCUT2D eigenvalue weighted by Crippen LogP contribution is -2.39. The summed E-state index contributed by atoms with van der Waals surface area (Å²) in [5, 5.41) is 3.12. The molecule has 0 aliphatic carbocycles. The summed E-state index contributed by atoms with van der Waals surface area (Å²) in [6, 6.07) is 2.97. The summed E-state index contributed by atoms with van der Waals surface area (Å²) in [5.41, 5.74) is 0.0937. The predicted molar refractivity (Wildman–Crippen MR) is 80.8 cm³/mol. The van der Waals surface area contributed by atoms with Gasteiger partial charge in [0.15, 0.2) is 0 Å². The number of piperidine rings is 1. The van der Waals surface area contributed by atoms with Gasteiger partial charge in [-0.1, -0.05) is 0 Å². The number of amides is 1. The maximum atomic E-state index is 13.1. The predicted octanol–water partition coefficient (Wildman–Crippen LogP) is 2.85. The van der Waals surface area contributed by atoms with E-state index in [0.29, 0.717) is 19.0 Å². The van der Waals surface area contributed by atoms with Crippen molar-refractivity contribution in [3.63, 3.8) is 0 Å². The molecule has 21 heavy (non-hydrogen) atoms. The van der Waals surface area contributed by atoms with Crippen LogP contribution in [0.3, 0.4) is 0 Å². The minimum atomic E-state index is -0.711. The molecule has 118 valence electrons. The Bertz CT molecular complexity index is 456. The van der Waals surface area contributed by atoms with E-state index >= 15 is 0 Å². The van der Waals surface area contributed by atoms with Crippen molar-refractivity contribution in [1.29, 1.82) is 0 Å². The molecule has 1 aliphatic rings. The van der Waals surface area contributed by atoms with E-state index in [1.807, 2.05) is 7.05 Å². The number of nitrogens with zero attached hydrogens (tertiary/aromatic N) is 1. The van der Waals surface area contributed by atoms with Crippen molar-refractivity contribution in [1.82, 2.24) is 10.2 Å². The molecule has 0 spiro atoms. The Balaban J connectivity index is 0.00000220. The Morgan fingerprint density at radius 1 is 1.24 bits per heavy atom. The van der Waals surface area contributed by atoms with Crippen LogP contribution in [0.15, 0.2) is 18.2 Å². The van der Waals surface area contributed by atoms with Crippen LogP contribution in [0.2, 0.25) is 0 Å². The zero-order valence-electron chi connectivity index (χ0n) is 12.1. The van der Waals surface area contributed by atoms with E-state index in [4.69, 9.17) is 0 Å². The van der Waals surface area contributed by atoms with Crippen LogP contribution in [-0.2, 0) is 0 Å². The highest BCUT2D eigenvalue weighted by atomic mass is 35.5. The first-order chi connectivity index (χ1) is 9.60. The zero-order chi connectivity index (χ0) is 14.5. The molecule has 1 aromatic carbocycles. The summed E-state index contributed by atoms with van der Waals surface area (Å²) in [6.07, 6.45) is 3.00. The molecule has 1 aliphatic heterocycles. The molecule has 2 rings (SSSR count). The largest absolute Gasteiger partial charge is 0.339 e. The Hall–Kier alpha value is -1.20. The molecule has 0 aromatic heterocycles. The molecule has 0 saturated carbocycles. The Morgan fingerprint density at radius 3 is 2.33 bits per heavy atom. The molecular formula is C15H21ClF2N2O. The van der Waals surface area contributed by atoms with Crippen LogP contribution in [-0.4, -0.2) is 37.5 Å². The molecule has 1 aromatic rings. The lowest BCUT2D eigenvalue weighted by molar-refractivity contribution is 0.0686. The van der Waals surface area contributed by atoms with Gasteiger partial charge < -0.3 is 10.2 Å². The number of nitrogens with one attached hydrogen (secondary N) is 1. The van der Waals surface area contributed by atoms with Gasteiger partial charge in [0, 0.05) is 24.7 Å². The van der Waals surface area contributed by atoms with E-state index < -0.39 is 11.6 Å². The van der Waals surface area contributed by atoms with E-state index in [1.165, 1.54) is 0 Å². The lowest BCUT2D eigenvalue weighted by atomic mass is 9.93. The van der Waals surface area contributed by atoms with E-state index in [2.05, 4.69) is 5.32 Å². The molecule has 1 heterocycles. The van der Waals surface area contributed by atoms with Crippen LogP contribution in [0.5, 0.6) is 0 Å². The van der Waals surface area contributed by atoms with Crippen LogP contribution in [0.4, 0.5) is 8.78 Å². The van der Waals surface area contributed by atoms with Crippen molar-refractivity contribution in [2.75, 3.05) is 26.7 Å². The van der Waals surface area contributed by atoms with Gasteiger partial charge in [-0.3, -0.25) is 4.79 Å². The molecule has 0 atom stereocenters. The van der Waals surface area contributed by atoms with Crippen LogP contribution >= 0.6 is 12.4 Å². The van der Waals surface area contributed by atoms with Crippen LogP contribution in [0.1, 0.15) is 29.6 Å². The quantitative estimate of drug-likeness (QED) is 0.926. The molecular weight excluding hydrogens is 298 g/mol. The third-order valence-electron chi connectivity index (χ3n) is 3.81. The number of carbonyl (C=O) groups excluding carboxylic acids is 1. The highest BCUT2D eigenvalue weighted by Crippen LogP contribution is 2.22. The summed E-state index contributed by atoms with van der Waals surface area (Å²) < 4.78 is 26.3. The number of benzene rings is 1. The van der Waals surface area contributed by atoms with Crippen molar-refractivity contribution < 1.29 is 13.6 Å². The third-order valence-corrected chi connectivity index (χ3v) is 3.81. The van der Waals surface area contributed by atoms with Gasteiger partial charge >= 0.3 is 0 Å². The monoisotopic (exact) mass is 318 g/mol. The Morgan fingerprint density at radius 2 is 1.81 bits per heavy atom. The summed E-state index contributed by atoms with van der Waals surface area (Å²) in [5.74, 6) is -1.08. The Labute approximate surface area is 130 Å². The zero-order valence-corrected chi connectivity index (χ0v) is 12.9. The van der Waals surface area contributed by atoms with Crippen molar-refractivity contribution in [2.24, 2.45) is 5.92 Å². The molecule has 1 N–H and O–H groups in total. The van der Waals surface area contributed by atoms with Gasteiger partial charge in [-0.15, -0.1) is 12.4 Å². The average molecular weight is 319 g/mol. The SMILES string of the molecule is CNCCC1CCN(C(=O)c2cc(F)cc(F)c2)CC1.Cl. The number of carbonyl (C=O) groups is 1. The van der Waals surface area contributed by atoms with Crippen LogP contribution in [0.25, 0.3) is 0 Å². The van der Waals surface area contributed by atoms with Crippen molar-refractivity contribution in [3.8, 4) is 0 Å². The van der Waals surface area contributed by atoms with Gasteiger partial charge in [0.2, 0.25) is 0 Å². The number of rotatable bonds is 4. The fraction of sp³-hybridized carbons (Fsp3) is 0.533. The van der Waals surface area contributed by atoms with Crippen LogP contribution in [0, 0.1) is 17.6 Å². The first-order valence-electron chi connectivity index (χ1n) is 7.00. The summed E-state index contributed by atoms with van der Waals surface area (Å²) in [4.78, 5) is 13.9. The Kier molecular flexibility index (Phi) is 7.05. The molecule has 1 saturated heterocycles. The normalized spacial score (nSPS) is 15.7. The fourth-order valence-corrected chi connectivity index (χ4v) is 2.63. The standard InChI is InChI=1S/C15H20F2N2O.ClH/c1-18-5-2-11-3-6-19(7-4-11)15(20)12-8-13(16)10-14(17)9-12;/h8-11,18H,2-7H2,1H3;1H. The minimum absolute atomic E-state index is 0. The first kappa shape index (κ1) is 17.9. The van der Waals surface area contributed by atoms with E-state index in [1.54, 1.807) is 4.90 Å². The molecule has 0 bridgehead atoms. The van der Waals surface area contributed by atoms with Gasteiger partial charge in [-0.2, -0.15) is 0 Å². The second-order valence-electron chi connectivity index (χ2n) is 5.29. The fourth-order valence-electron chi connectivity index (χ4n) is 2.63. The smallest absolute Gasteiger partial charge is 0.254 e. The molecule has 3 nitrogen and oxygen atoms in total. The van der Waals surface area contributed by atoms with Gasteiger partial charge in [0.05, 0.1) is 0 Å². The second kappa shape index (κ2) is 8.29. The van der Waals surface area contributed by atoms with E-state index in [0.717, 1.165) is 44.0 Å². The maximum Gasteiger partial charge on any atom is 0.254 e. The highest BCUT2D eigenvalue weighted by Gasteiger charge is 2.23. The van der Waals surface area contributed by atoms with Crippen LogP contribution < -0.4 is 5.32 Å². The van der Waals surface area contributed by atoms with Crippen molar-refractivity contribution in [2.45, 2.75) is 19.3 Å². The number of likely N-dealkylation sites (tertiary alicyclic amines) is 1. The van der Waals surface area contributed by atoms with Gasteiger partial charge in [0.1, 0.15) is 11.6 Å². The van der Waals surface area contributed by atoms with Gasteiger partial charge in [-0.25, -0.2) is 8.78 Å². The molecule has 1 amide bonds. The molecule has 0 radical (unpaired) electrons.